The maximum atomic E-state index is 12.4. The van der Waals surface area contributed by atoms with Crippen molar-refractivity contribution in [3.05, 3.63) is 112 Å². The molecule has 3 aliphatic rings. The molecule has 42 heavy (non-hydrogen) atoms. The van der Waals surface area contributed by atoms with Gasteiger partial charge in [-0.05, 0) is 60.8 Å². The van der Waals surface area contributed by atoms with E-state index in [0.717, 1.165) is 17.0 Å². The number of para-hydroxylation sites is 1. The molecule has 1 aromatic heterocycles. The van der Waals surface area contributed by atoms with Crippen molar-refractivity contribution in [2.45, 2.75) is 36.5 Å². The van der Waals surface area contributed by atoms with E-state index in [4.69, 9.17) is 9.47 Å². The molecule has 220 valence electrons. The van der Waals surface area contributed by atoms with E-state index in [9.17, 15) is 18.9 Å². The first-order valence-electron chi connectivity index (χ1n) is 13.9. The van der Waals surface area contributed by atoms with E-state index in [2.05, 4.69) is 33.5 Å². The Morgan fingerprint density at radius 2 is 1.81 bits per heavy atom. The summed E-state index contributed by atoms with van der Waals surface area (Å²) in [5.41, 5.74) is 2.08. The smallest absolute Gasteiger partial charge is 0.275 e. The average Bonchev–Trinajstić information content (AvgIpc) is 3.67. The summed E-state index contributed by atoms with van der Waals surface area (Å²) < 4.78 is 37.0. The van der Waals surface area contributed by atoms with Crippen LogP contribution in [0.3, 0.4) is 0 Å². The van der Waals surface area contributed by atoms with Crippen LogP contribution in [0.1, 0.15) is 35.0 Å². The summed E-state index contributed by atoms with van der Waals surface area (Å²) >= 11 is -2.57. The Bertz CT molecular complexity index is 1440. The fraction of sp³-hybridized carbons (Fsp3) is 0.367. The van der Waals surface area contributed by atoms with Crippen LogP contribution in [0.4, 0.5) is 5.69 Å². The Morgan fingerprint density at radius 1 is 1.07 bits per heavy atom. The van der Waals surface area contributed by atoms with Crippen molar-refractivity contribution in [3.8, 4) is 0 Å². The van der Waals surface area contributed by atoms with Gasteiger partial charge in [0, 0.05) is 30.8 Å². The number of rotatable bonds is 9. The number of nitro benzene ring substituents is 1. The number of nitro groups is 1. The van der Waals surface area contributed by atoms with Crippen molar-refractivity contribution in [2.75, 3.05) is 26.5 Å². The third kappa shape index (κ3) is 5.68. The molecular weight excluding hydrogens is 558 g/mol. The largest absolute Gasteiger partial charge is 0.771 e. The van der Waals surface area contributed by atoms with Crippen molar-refractivity contribution in [1.29, 1.82) is 0 Å². The van der Waals surface area contributed by atoms with Gasteiger partial charge in [-0.2, -0.15) is 0 Å². The molecule has 4 heterocycles. The maximum Gasteiger partial charge on any atom is 0.275 e. The fourth-order valence-electron chi connectivity index (χ4n) is 6.27. The van der Waals surface area contributed by atoms with E-state index in [1.54, 1.807) is 18.3 Å². The summed E-state index contributed by atoms with van der Waals surface area (Å²) in [6, 6.07) is 22.0. The highest BCUT2D eigenvalue weighted by molar-refractivity contribution is 7.79. The van der Waals surface area contributed by atoms with Crippen molar-refractivity contribution in [1.82, 2.24) is 20.1 Å². The molecule has 0 amide bonds. The van der Waals surface area contributed by atoms with Gasteiger partial charge in [-0.1, -0.05) is 48.5 Å². The van der Waals surface area contributed by atoms with Crippen molar-refractivity contribution in [3.63, 3.8) is 0 Å². The normalized spacial score (nSPS) is 24.6. The molecule has 6 rings (SSSR count). The first-order chi connectivity index (χ1) is 20.4. The number of likely N-dealkylation sites (tertiary alicyclic amines) is 1. The SMILES string of the molecule is O=[N+]([O-])c1ccccc1C(N1CCC(C2NC(c3ccccn3)=CN2C2(Cc3ccccc3)COCO2)CC1)S(=O)[O-]. The lowest BCUT2D eigenvalue weighted by atomic mass is 9.91. The third-order valence-electron chi connectivity index (χ3n) is 8.28. The lowest BCUT2D eigenvalue weighted by molar-refractivity contribution is -0.385. The second kappa shape index (κ2) is 12.3. The topological polar surface area (TPSA) is 133 Å². The molecular formula is C30H32N5O6S-. The predicted molar refractivity (Wildman–Crippen MR) is 155 cm³/mol. The lowest BCUT2D eigenvalue weighted by Gasteiger charge is -2.46. The quantitative estimate of drug-likeness (QED) is 0.223. The van der Waals surface area contributed by atoms with E-state index in [-0.39, 0.29) is 30.1 Å². The minimum Gasteiger partial charge on any atom is -0.771 e. The lowest BCUT2D eigenvalue weighted by Crippen LogP contribution is -2.58. The molecule has 0 bridgehead atoms. The van der Waals surface area contributed by atoms with E-state index in [1.807, 2.05) is 41.3 Å². The molecule has 12 heteroatoms. The number of hydrogen-bond acceptors (Lipinski definition) is 10. The van der Waals surface area contributed by atoms with Crippen LogP contribution in [0.2, 0.25) is 0 Å². The molecule has 3 aliphatic heterocycles. The molecule has 0 aliphatic carbocycles. The zero-order valence-corrected chi connectivity index (χ0v) is 23.7. The molecule has 0 radical (unpaired) electrons. The summed E-state index contributed by atoms with van der Waals surface area (Å²) in [4.78, 5) is 19.7. The number of nitrogens with zero attached hydrogens (tertiary/aromatic N) is 4. The summed E-state index contributed by atoms with van der Waals surface area (Å²) in [6.07, 6.45) is 5.64. The maximum absolute atomic E-state index is 12.4. The monoisotopic (exact) mass is 590 g/mol. The summed E-state index contributed by atoms with van der Waals surface area (Å²) in [5.74, 6) is 0.127. The van der Waals surface area contributed by atoms with Gasteiger partial charge in [0.15, 0.2) is 5.72 Å². The van der Waals surface area contributed by atoms with Gasteiger partial charge in [0.25, 0.3) is 5.69 Å². The molecule has 3 aromatic rings. The fourth-order valence-corrected chi connectivity index (χ4v) is 7.13. The third-order valence-corrected chi connectivity index (χ3v) is 9.20. The zero-order valence-electron chi connectivity index (χ0n) is 22.9. The number of piperidine rings is 1. The highest BCUT2D eigenvalue weighted by Gasteiger charge is 2.49. The first kappa shape index (κ1) is 28.4. The molecule has 2 fully saturated rings. The summed E-state index contributed by atoms with van der Waals surface area (Å²) in [7, 11) is 0. The Balaban J connectivity index is 1.27. The highest BCUT2D eigenvalue weighted by atomic mass is 32.2. The molecule has 2 saturated heterocycles. The Labute approximate surface area is 246 Å². The average molecular weight is 591 g/mol. The number of nitrogens with one attached hydrogen (secondary N) is 1. The van der Waals surface area contributed by atoms with Gasteiger partial charge in [0.1, 0.15) is 18.3 Å². The van der Waals surface area contributed by atoms with Crippen LogP contribution >= 0.6 is 0 Å². The van der Waals surface area contributed by atoms with Gasteiger partial charge in [0.05, 0.1) is 28.5 Å². The standard InChI is InChI=1S/C30H33N5O6S/c36-35(37)27-12-5-4-10-24(27)29(42(38)39)33-16-13-23(14-17-33)28-32-26(25-11-6-7-15-31-25)19-34(28)30(20-40-21-41-30)18-22-8-2-1-3-9-22/h1-12,15,19,23,28-29,32H,13-14,16-18,20-21H2,(H,38,39)/p-1. The zero-order chi connectivity index (χ0) is 29.1. The van der Waals surface area contributed by atoms with Crippen molar-refractivity contribution < 1.29 is 23.2 Å². The minimum atomic E-state index is -2.57. The van der Waals surface area contributed by atoms with Gasteiger partial charge < -0.3 is 24.2 Å². The first-order valence-corrected chi connectivity index (χ1v) is 15.1. The summed E-state index contributed by atoms with van der Waals surface area (Å²) in [5, 5.41) is 14.3. The Kier molecular flexibility index (Phi) is 8.31. The molecule has 1 N–H and O–H groups in total. The van der Waals surface area contributed by atoms with E-state index >= 15 is 0 Å². The van der Waals surface area contributed by atoms with Crippen LogP contribution in [-0.2, 0) is 27.0 Å². The molecule has 0 saturated carbocycles. The number of ether oxygens (including phenoxy) is 2. The van der Waals surface area contributed by atoms with E-state index in [0.29, 0.717) is 39.0 Å². The molecule has 11 nitrogen and oxygen atoms in total. The van der Waals surface area contributed by atoms with Crippen molar-refractivity contribution in [2.24, 2.45) is 5.92 Å². The second-order valence-electron chi connectivity index (χ2n) is 10.8. The van der Waals surface area contributed by atoms with E-state index < -0.39 is 27.1 Å². The van der Waals surface area contributed by atoms with Crippen LogP contribution in [0.15, 0.2) is 85.2 Å². The van der Waals surface area contributed by atoms with Crippen LogP contribution < -0.4 is 5.32 Å². The molecule has 4 unspecified atom stereocenters. The van der Waals surface area contributed by atoms with Crippen LogP contribution in [-0.4, -0.2) is 66.8 Å². The number of benzene rings is 2. The van der Waals surface area contributed by atoms with Gasteiger partial charge >= 0.3 is 0 Å². The van der Waals surface area contributed by atoms with E-state index in [1.165, 1.54) is 12.1 Å². The number of pyridine rings is 1. The van der Waals surface area contributed by atoms with Crippen LogP contribution in [0.5, 0.6) is 0 Å². The predicted octanol–water partition coefficient (Wildman–Crippen LogP) is 3.75. The number of aromatic nitrogens is 1. The summed E-state index contributed by atoms with van der Waals surface area (Å²) in [6.45, 7) is 1.50. The van der Waals surface area contributed by atoms with Crippen LogP contribution in [0, 0.1) is 16.0 Å². The van der Waals surface area contributed by atoms with Gasteiger partial charge in [-0.15, -0.1) is 0 Å². The Hall–Kier alpha value is -3.68. The minimum absolute atomic E-state index is 0.127. The van der Waals surface area contributed by atoms with Gasteiger partial charge in [-0.25, -0.2) is 0 Å². The highest BCUT2D eigenvalue weighted by Crippen LogP contribution is 2.40. The van der Waals surface area contributed by atoms with Gasteiger partial charge in [-0.3, -0.25) is 24.2 Å². The second-order valence-corrected chi connectivity index (χ2v) is 11.7. The van der Waals surface area contributed by atoms with Gasteiger partial charge in [0.2, 0.25) is 0 Å². The molecule has 2 aromatic carbocycles. The molecule has 4 atom stereocenters. The van der Waals surface area contributed by atoms with Crippen molar-refractivity contribution >= 4 is 22.5 Å². The molecule has 0 spiro atoms. The van der Waals surface area contributed by atoms with Crippen LogP contribution in [0.25, 0.3) is 5.70 Å². The Morgan fingerprint density at radius 3 is 2.48 bits per heavy atom. The number of hydrogen-bond donors (Lipinski definition) is 1.